The number of benzene rings is 2. The Labute approximate surface area is 133 Å². The molecule has 0 aliphatic heterocycles. The Bertz CT molecular complexity index is 710. The van der Waals surface area contributed by atoms with Crippen LogP contribution in [0.3, 0.4) is 0 Å². The Morgan fingerprint density at radius 3 is 2.19 bits per heavy atom. The zero-order valence-corrected chi connectivity index (χ0v) is 13.8. The molecule has 1 atom stereocenters. The van der Waals surface area contributed by atoms with Gasteiger partial charge in [0.05, 0.1) is 4.90 Å². The Kier molecular flexibility index (Phi) is 4.15. The fraction of sp³-hybridized carbons (Fsp3) is 0.250. The summed E-state index contributed by atoms with van der Waals surface area (Å²) in [6, 6.07) is 16.4. The number of hydrogen-bond donors (Lipinski definition) is 1. The molecule has 0 amide bonds. The molecule has 0 saturated heterocycles. The largest absolute Gasteiger partial charge is 0.241 e. The van der Waals surface area contributed by atoms with E-state index in [1.165, 1.54) is 0 Å². The molecule has 3 nitrogen and oxygen atoms in total. The number of nitrogens with one attached hydrogen (secondary N) is 1. The van der Waals surface area contributed by atoms with Crippen LogP contribution in [0.2, 0.25) is 0 Å². The smallest absolute Gasteiger partial charge is 0.207 e. The molecule has 3 rings (SSSR count). The van der Waals surface area contributed by atoms with Gasteiger partial charge in [-0.25, -0.2) is 13.1 Å². The van der Waals surface area contributed by atoms with E-state index in [9.17, 15) is 8.42 Å². The van der Waals surface area contributed by atoms with E-state index in [0.29, 0.717) is 10.8 Å². The molecule has 1 saturated carbocycles. The highest BCUT2D eigenvalue weighted by Crippen LogP contribution is 2.41. The van der Waals surface area contributed by atoms with Gasteiger partial charge in [-0.3, -0.25) is 0 Å². The van der Waals surface area contributed by atoms with Crippen molar-refractivity contribution < 1.29 is 8.42 Å². The van der Waals surface area contributed by atoms with Crippen LogP contribution in [0.4, 0.5) is 0 Å². The zero-order valence-electron chi connectivity index (χ0n) is 11.4. The number of hydrogen-bond acceptors (Lipinski definition) is 2. The van der Waals surface area contributed by atoms with Crippen LogP contribution < -0.4 is 4.72 Å². The van der Waals surface area contributed by atoms with E-state index in [4.69, 9.17) is 0 Å². The van der Waals surface area contributed by atoms with Gasteiger partial charge in [-0.1, -0.05) is 46.3 Å². The molecule has 1 aliphatic rings. The lowest BCUT2D eigenvalue weighted by atomic mass is 10.0. The normalized spacial score (nSPS) is 16.6. The third-order valence-electron chi connectivity index (χ3n) is 3.66. The van der Waals surface area contributed by atoms with Crippen molar-refractivity contribution in [2.75, 3.05) is 0 Å². The first-order valence-electron chi connectivity index (χ1n) is 6.89. The van der Waals surface area contributed by atoms with Crippen LogP contribution in [-0.2, 0) is 10.0 Å². The highest BCUT2D eigenvalue weighted by Gasteiger charge is 2.35. The monoisotopic (exact) mass is 365 g/mol. The van der Waals surface area contributed by atoms with Gasteiger partial charge in [0.1, 0.15) is 0 Å². The second-order valence-electron chi connectivity index (χ2n) is 5.30. The summed E-state index contributed by atoms with van der Waals surface area (Å²) in [5.41, 5.74) is 1.03. The van der Waals surface area contributed by atoms with Crippen molar-refractivity contribution in [3.63, 3.8) is 0 Å². The van der Waals surface area contributed by atoms with Crippen molar-refractivity contribution >= 4 is 26.0 Å². The summed E-state index contributed by atoms with van der Waals surface area (Å²) < 4.78 is 28.8. The quantitative estimate of drug-likeness (QED) is 0.873. The predicted molar refractivity (Wildman–Crippen MR) is 86.4 cm³/mol. The molecule has 0 bridgehead atoms. The maximum Gasteiger partial charge on any atom is 0.241 e. The standard InChI is InChI=1S/C16H16BrNO2S/c17-14-8-10-15(11-9-14)21(19,20)18-16(13-6-7-13)12-4-2-1-3-5-12/h1-5,8-11,13,16,18H,6-7H2/t16-/m0/s1. The second-order valence-corrected chi connectivity index (χ2v) is 7.93. The first-order chi connectivity index (χ1) is 10.1. The summed E-state index contributed by atoms with van der Waals surface area (Å²) in [5, 5.41) is 0. The van der Waals surface area contributed by atoms with E-state index in [-0.39, 0.29) is 6.04 Å². The first-order valence-corrected chi connectivity index (χ1v) is 9.17. The van der Waals surface area contributed by atoms with Crippen molar-refractivity contribution in [2.24, 2.45) is 5.92 Å². The molecule has 0 aromatic heterocycles. The van der Waals surface area contributed by atoms with Crippen LogP contribution >= 0.6 is 15.9 Å². The third-order valence-corrected chi connectivity index (χ3v) is 5.64. The fourth-order valence-corrected chi connectivity index (χ4v) is 3.93. The minimum absolute atomic E-state index is 0.139. The molecule has 1 fully saturated rings. The fourth-order valence-electron chi connectivity index (χ4n) is 2.38. The van der Waals surface area contributed by atoms with E-state index in [1.807, 2.05) is 30.3 Å². The van der Waals surface area contributed by atoms with Gasteiger partial charge in [0.15, 0.2) is 0 Å². The van der Waals surface area contributed by atoms with Crippen molar-refractivity contribution in [1.82, 2.24) is 4.72 Å². The molecule has 1 N–H and O–H groups in total. The molecule has 0 spiro atoms. The van der Waals surface area contributed by atoms with Gasteiger partial charge in [-0.2, -0.15) is 0 Å². The molecule has 21 heavy (non-hydrogen) atoms. The van der Waals surface area contributed by atoms with Crippen molar-refractivity contribution in [1.29, 1.82) is 0 Å². The van der Waals surface area contributed by atoms with Crippen LogP contribution in [-0.4, -0.2) is 8.42 Å². The van der Waals surface area contributed by atoms with E-state index in [2.05, 4.69) is 20.7 Å². The molecule has 1 aliphatic carbocycles. The topological polar surface area (TPSA) is 46.2 Å². The minimum Gasteiger partial charge on any atom is -0.207 e. The Hall–Kier alpha value is -1.17. The van der Waals surface area contributed by atoms with Crippen LogP contribution in [0.5, 0.6) is 0 Å². The summed E-state index contributed by atoms with van der Waals surface area (Å²) >= 11 is 3.32. The summed E-state index contributed by atoms with van der Waals surface area (Å²) in [6.45, 7) is 0. The molecule has 2 aromatic carbocycles. The number of halogens is 1. The van der Waals surface area contributed by atoms with Crippen LogP contribution in [0.25, 0.3) is 0 Å². The van der Waals surface area contributed by atoms with Gasteiger partial charge in [0.2, 0.25) is 10.0 Å². The molecule has 2 aromatic rings. The van der Waals surface area contributed by atoms with E-state index < -0.39 is 10.0 Å². The maximum absolute atomic E-state index is 12.5. The van der Waals surface area contributed by atoms with Gasteiger partial charge >= 0.3 is 0 Å². The lowest BCUT2D eigenvalue weighted by molar-refractivity contribution is 0.529. The summed E-state index contributed by atoms with van der Waals surface area (Å²) in [7, 11) is -3.50. The predicted octanol–water partition coefficient (Wildman–Crippen LogP) is 3.88. The van der Waals surface area contributed by atoms with Gasteiger partial charge in [0, 0.05) is 10.5 Å². The molecule has 0 heterocycles. The first kappa shape index (κ1) is 14.8. The lowest BCUT2D eigenvalue weighted by Gasteiger charge is -2.19. The minimum atomic E-state index is -3.50. The highest BCUT2D eigenvalue weighted by molar-refractivity contribution is 9.10. The molecule has 110 valence electrons. The van der Waals surface area contributed by atoms with E-state index in [0.717, 1.165) is 22.9 Å². The average molecular weight is 366 g/mol. The highest BCUT2D eigenvalue weighted by atomic mass is 79.9. The van der Waals surface area contributed by atoms with Crippen LogP contribution in [0.15, 0.2) is 64.0 Å². The maximum atomic E-state index is 12.5. The van der Waals surface area contributed by atoms with Crippen molar-refractivity contribution in [3.8, 4) is 0 Å². The number of rotatable bonds is 5. The van der Waals surface area contributed by atoms with Gasteiger partial charge < -0.3 is 0 Å². The van der Waals surface area contributed by atoms with Crippen molar-refractivity contribution in [3.05, 3.63) is 64.6 Å². The summed E-state index contributed by atoms with van der Waals surface area (Å²) in [4.78, 5) is 0.298. The second kappa shape index (κ2) is 5.91. The lowest BCUT2D eigenvalue weighted by Crippen LogP contribution is -2.30. The van der Waals surface area contributed by atoms with E-state index in [1.54, 1.807) is 24.3 Å². The van der Waals surface area contributed by atoms with Crippen molar-refractivity contribution in [2.45, 2.75) is 23.8 Å². The Morgan fingerprint density at radius 2 is 1.62 bits per heavy atom. The summed E-state index contributed by atoms with van der Waals surface area (Å²) in [5.74, 6) is 0.401. The summed E-state index contributed by atoms with van der Waals surface area (Å²) in [6.07, 6.45) is 2.14. The van der Waals surface area contributed by atoms with Crippen LogP contribution in [0.1, 0.15) is 24.4 Å². The van der Waals surface area contributed by atoms with Gasteiger partial charge in [-0.05, 0) is 48.6 Å². The Balaban J connectivity index is 1.87. The number of sulfonamides is 1. The van der Waals surface area contributed by atoms with Gasteiger partial charge in [-0.15, -0.1) is 0 Å². The molecular formula is C16H16BrNO2S. The molecule has 0 unspecified atom stereocenters. The zero-order chi connectivity index (χ0) is 14.9. The Morgan fingerprint density at radius 1 is 1.00 bits per heavy atom. The third kappa shape index (κ3) is 3.54. The van der Waals surface area contributed by atoms with Gasteiger partial charge in [0.25, 0.3) is 0 Å². The van der Waals surface area contributed by atoms with Crippen LogP contribution in [0, 0.1) is 5.92 Å². The van der Waals surface area contributed by atoms with E-state index >= 15 is 0 Å². The average Bonchev–Trinajstić information content (AvgIpc) is 3.31. The molecule has 5 heteroatoms. The molecular weight excluding hydrogens is 350 g/mol. The SMILES string of the molecule is O=S(=O)(N[C@@H](c1ccccc1)C1CC1)c1ccc(Br)cc1. The molecule has 0 radical (unpaired) electrons.